The summed E-state index contributed by atoms with van der Waals surface area (Å²) in [5, 5.41) is 30.5. The predicted octanol–water partition coefficient (Wildman–Crippen LogP) is 6.02. The zero-order valence-corrected chi connectivity index (χ0v) is 21.8. The molecule has 0 unspecified atom stereocenters. The van der Waals surface area contributed by atoms with Crippen LogP contribution in [-0.4, -0.2) is 43.6 Å². The van der Waals surface area contributed by atoms with E-state index in [0.29, 0.717) is 38.5 Å². The van der Waals surface area contributed by atoms with Crippen molar-refractivity contribution in [2.24, 2.45) is 34.0 Å². The molecule has 0 spiro atoms. The first-order valence-corrected chi connectivity index (χ1v) is 13.2. The van der Waals surface area contributed by atoms with Crippen LogP contribution in [0.3, 0.4) is 0 Å². The van der Waals surface area contributed by atoms with Crippen molar-refractivity contribution in [1.29, 1.82) is 0 Å². The Hall–Kier alpha value is -1.60. The number of Topliss-reactive ketones (excluding diaryl/α,β-unsaturated/α-hetero) is 2. The summed E-state index contributed by atoms with van der Waals surface area (Å²) < 4.78 is 15.1. The van der Waals surface area contributed by atoms with E-state index in [1.54, 1.807) is 6.92 Å². The van der Waals surface area contributed by atoms with Gasteiger partial charge in [-0.15, -0.1) is 23.2 Å². The van der Waals surface area contributed by atoms with Gasteiger partial charge in [0.05, 0.1) is 16.2 Å². The van der Waals surface area contributed by atoms with Crippen molar-refractivity contribution in [1.82, 2.24) is 0 Å². The number of aliphatic hydroxyl groups excluding tert-OH is 2. The van der Waals surface area contributed by atoms with Crippen LogP contribution in [0.25, 0.3) is 0 Å². The number of carbonyl (C=O) groups excluding carboxylic acids is 2. The van der Waals surface area contributed by atoms with Crippen molar-refractivity contribution in [3.05, 3.63) is 22.9 Å². The van der Waals surface area contributed by atoms with Gasteiger partial charge in [0.15, 0.2) is 11.6 Å². The lowest BCUT2D eigenvalue weighted by Crippen LogP contribution is -2.63. The number of halogens is 3. The van der Waals surface area contributed by atoms with Crippen molar-refractivity contribution in [2.75, 3.05) is 5.88 Å². The highest BCUT2D eigenvalue weighted by Gasteiger charge is 2.73. The van der Waals surface area contributed by atoms with Gasteiger partial charge in [0, 0.05) is 11.8 Å². The Morgan fingerprint density at radius 1 is 1.17 bits per heavy atom. The van der Waals surface area contributed by atoms with Crippen molar-refractivity contribution in [3.63, 3.8) is 0 Å². The Morgan fingerprint density at radius 2 is 1.83 bits per heavy atom. The van der Waals surface area contributed by atoms with E-state index in [2.05, 4.69) is 6.92 Å². The van der Waals surface area contributed by atoms with Crippen molar-refractivity contribution in [3.8, 4) is 0 Å². The summed E-state index contributed by atoms with van der Waals surface area (Å²) in [4.78, 5) is 35.7. The van der Waals surface area contributed by atoms with Crippen LogP contribution in [0.5, 0.6) is 0 Å². The Kier molecular flexibility index (Phi) is 6.41. The maximum absolute atomic E-state index is 15.1. The van der Waals surface area contributed by atoms with E-state index in [4.69, 9.17) is 23.2 Å². The molecule has 9 heteroatoms. The number of carboxylic acids is 1. The molecule has 194 valence electrons. The SMILES string of the molecule is C[C@H]1C[C@H]2[C@@H]3CCC4=C(F)C(=O)C(O)=C(O)[C@]4(C)[C@@]3(Cl)CC[C@]2(C)[C@@]1(CCCC(=O)O)C(=O)CCl. The van der Waals surface area contributed by atoms with Crippen LogP contribution in [0.2, 0.25) is 0 Å². The summed E-state index contributed by atoms with van der Waals surface area (Å²) in [5.41, 5.74) is -2.64. The number of rotatable bonds is 6. The number of hydrogen-bond donors (Lipinski definition) is 3. The van der Waals surface area contributed by atoms with Crippen LogP contribution >= 0.6 is 23.2 Å². The highest BCUT2D eigenvalue weighted by Crippen LogP contribution is 2.75. The molecular formula is C26H33Cl2FO6. The number of allylic oxidation sites excluding steroid dienone is 2. The maximum Gasteiger partial charge on any atom is 0.303 e. The molecule has 3 N–H and O–H groups in total. The Bertz CT molecular complexity index is 1050. The van der Waals surface area contributed by atoms with Gasteiger partial charge in [-0.25, -0.2) is 4.39 Å². The Labute approximate surface area is 214 Å². The van der Waals surface area contributed by atoms with E-state index in [1.165, 1.54) is 0 Å². The molecule has 4 aliphatic carbocycles. The lowest BCUT2D eigenvalue weighted by molar-refractivity contribution is -0.145. The van der Waals surface area contributed by atoms with Crippen molar-refractivity contribution >= 4 is 40.7 Å². The van der Waals surface area contributed by atoms with E-state index < -0.39 is 50.2 Å². The molecule has 0 radical (unpaired) electrons. The molecule has 0 amide bonds. The van der Waals surface area contributed by atoms with Crippen LogP contribution in [0.1, 0.15) is 72.1 Å². The molecule has 4 rings (SSSR count). The Balaban J connectivity index is 1.81. The number of fused-ring (bicyclic) bond motifs is 5. The quantitative estimate of drug-likeness (QED) is 0.362. The van der Waals surface area contributed by atoms with Gasteiger partial charge in [0.25, 0.3) is 5.78 Å². The molecule has 0 aromatic rings. The average molecular weight is 531 g/mol. The summed E-state index contributed by atoms with van der Waals surface area (Å²) in [6, 6.07) is 0. The van der Waals surface area contributed by atoms with Gasteiger partial charge < -0.3 is 15.3 Å². The van der Waals surface area contributed by atoms with Gasteiger partial charge in [-0.1, -0.05) is 13.8 Å². The molecule has 0 aromatic carbocycles. The fourth-order valence-electron chi connectivity index (χ4n) is 8.71. The molecule has 0 aliphatic heterocycles. The van der Waals surface area contributed by atoms with Crippen LogP contribution in [0, 0.1) is 34.0 Å². The molecule has 3 fully saturated rings. The highest BCUT2D eigenvalue weighted by atomic mass is 35.5. The zero-order chi connectivity index (χ0) is 26.1. The molecule has 0 bridgehead atoms. The van der Waals surface area contributed by atoms with E-state index >= 15 is 4.39 Å². The standard InChI is InChI=1S/C26H33Cl2FO6/c1-13-11-16-14-6-7-15-19(29)20(33)21(34)22(35)24(15,3)26(14,28)10-9-23(16,2)25(13,17(30)12-27)8-4-5-18(31)32/h13-14,16,34-35H,4-12H2,1-3H3,(H,31,32)/t13-,14-,16-,23-,24+,25+,26+/m0/s1. The average Bonchev–Trinajstić information content (AvgIpc) is 3.04. The minimum absolute atomic E-state index is 0.0366. The number of alkyl halides is 2. The number of ketones is 2. The molecule has 3 saturated carbocycles. The summed E-state index contributed by atoms with van der Waals surface area (Å²) in [6.45, 7) is 5.70. The molecule has 6 nitrogen and oxygen atoms in total. The maximum atomic E-state index is 15.1. The van der Waals surface area contributed by atoms with E-state index in [1.807, 2.05) is 6.92 Å². The largest absolute Gasteiger partial charge is 0.507 e. The Morgan fingerprint density at radius 3 is 2.43 bits per heavy atom. The van der Waals surface area contributed by atoms with Gasteiger partial charge in [0.2, 0.25) is 5.76 Å². The summed E-state index contributed by atoms with van der Waals surface area (Å²) in [6.07, 6.45) is 2.91. The second-order valence-corrected chi connectivity index (χ2v) is 12.3. The summed E-state index contributed by atoms with van der Waals surface area (Å²) in [5.74, 6) is -5.35. The molecular weight excluding hydrogens is 498 g/mol. The van der Waals surface area contributed by atoms with Crippen molar-refractivity contribution < 1.29 is 34.1 Å². The van der Waals surface area contributed by atoms with Crippen LogP contribution in [0.15, 0.2) is 22.9 Å². The lowest BCUT2D eigenvalue weighted by Gasteiger charge is -2.63. The van der Waals surface area contributed by atoms with Gasteiger partial charge >= 0.3 is 5.97 Å². The van der Waals surface area contributed by atoms with Crippen LogP contribution < -0.4 is 0 Å². The monoisotopic (exact) mass is 530 g/mol. The van der Waals surface area contributed by atoms with E-state index in [0.717, 1.165) is 0 Å². The number of carbonyl (C=O) groups is 3. The summed E-state index contributed by atoms with van der Waals surface area (Å²) >= 11 is 13.5. The molecule has 0 saturated heterocycles. The summed E-state index contributed by atoms with van der Waals surface area (Å²) in [7, 11) is 0. The molecule has 35 heavy (non-hydrogen) atoms. The normalized spacial score (nSPS) is 43.0. The first-order chi connectivity index (χ1) is 16.2. The molecule has 4 aliphatic rings. The fourth-order valence-corrected chi connectivity index (χ4v) is 9.50. The number of aliphatic hydroxyl groups is 2. The first-order valence-electron chi connectivity index (χ1n) is 12.3. The number of carboxylic acid groups (broad SMARTS) is 1. The zero-order valence-electron chi connectivity index (χ0n) is 20.3. The van der Waals surface area contributed by atoms with Gasteiger partial charge in [-0.2, -0.15) is 0 Å². The molecule has 0 heterocycles. The first kappa shape index (κ1) is 26.5. The lowest BCUT2D eigenvalue weighted by atomic mass is 9.44. The minimum atomic E-state index is -1.45. The highest BCUT2D eigenvalue weighted by molar-refractivity contribution is 6.28. The topological polar surface area (TPSA) is 112 Å². The minimum Gasteiger partial charge on any atom is -0.507 e. The second-order valence-electron chi connectivity index (χ2n) is 11.4. The second kappa shape index (κ2) is 8.47. The number of hydrogen-bond acceptors (Lipinski definition) is 5. The van der Waals surface area contributed by atoms with Gasteiger partial charge in [-0.05, 0) is 80.6 Å². The fraction of sp³-hybridized carbons (Fsp3) is 0.731. The van der Waals surface area contributed by atoms with Gasteiger partial charge in [-0.3, -0.25) is 14.4 Å². The molecule has 7 atom stereocenters. The predicted molar refractivity (Wildman–Crippen MR) is 129 cm³/mol. The third-order valence-corrected chi connectivity index (χ3v) is 11.6. The van der Waals surface area contributed by atoms with Gasteiger partial charge in [0.1, 0.15) is 5.76 Å². The molecule has 0 aromatic heterocycles. The van der Waals surface area contributed by atoms with Crippen molar-refractivity contribution in [2.45, 2.75) is 77.0 Å². The number of aliphatic carboxylic acids is 1. The smallest absolute Gasteiger partial charge is 0.303 e. The third kappa shape index (κ3) is 3.16. The van der Waals surface area contributed by atoms with Crippen LogP contribution in [-0.2, 0) is 14.4 Å². The van der Waals surface area contributed by atoms with E-state index in [-0.39, 0.29) is 47.8 Å². The third-order valence-electron chi connectivity index (χ3n) is 10.5. The van der Waals surface area contributed by atoms with E-state index in [9.17, 15) is 29.7 Å². The van der Waals surface area contributed by atoms with Crippen LogP contribution in [0.4, 0.5) is 4.39 Å².